The van der Waals surface area contributed by atoms with Gasteiger partial charge in [0.15, 0.2) is 0 Å². The summed E-state index contributed by atoms with van der Waals surface area (Å²) in [5, 5.41) is 3.68. The molecule has 2 aliphatic rings. The number of rotatable bonds is 3. The smallest absolute Gasteiger partial charge is 0.0404 e. The fraction of sp³-hybridized carbons (Fsp3) is 0.750. The minimum atomic E-state index is 0.599. The number of nitrogens with one attached hydrogen (secondary N) is 1. The van der Waals surface area contributed by atoms with E-state index in [0.29, 0.717) is 11.5 Å². The van der Waals surface area contributed by atoms with Gasteiger partial charge in [-0.2, -0.15) is 0 Å². The molecule has 0 aromatic carbocycles. The third-order valence-corrected chi connectivity index (χ3v) is 4.80. The van der Waals surface area contributed by atoms with Gasteiger partial charge in [0.05, 0.1) is 0 Å². The lowest BCUT2D eigenvalue weighted by molar-refractivity contribution is 0.0360. The highest BCUT2D eigenvalue weighted by molar-refractivity contribution is 5.23. The first-order chi connectivity index (χ1) is 8.70. The Bertz CT molecular complexity index is 399. The van der Waals surface area contributed by atoms with Crippen molar-refractivity contribution in [3.8, 4) is 0 Å². The zero-order chi connectivity index (χ0) is 12.6. The van der Waals surface area contributed by atoms with Crippen LogP contribution in [0.1, 0.15) is 57.6 Å². The van der Waals surface area contributed by atoms with Gasteiger partial charge in [0, 0.05) is 36.9 Å². The maximum Gasteiger partial charge on any atom is 0.0404 e. The highest BCUT2D eigenvalue weighted by atomic mass is 15.1. The Hall–Kier alpha value is -0.760. The van der Waals surface area contributed by atoms with Crippen molar-refractivity contribution < 1.29 is 0 Å². The van der Waals surface area contributed by atoms with Crippen LogP contribution in [0.4, 0.5) is 0 Å². The van der Waals surface area contributed by atoms with Crippen LogP contribution in [-0.2, 0) is 6.54 Å². The van der Waals surface area contributed by atoms with Crippen molar-refractivity contribution in [2.24, 2.45) is 11.3 Å². The highest BCUT2D eigenvalue weighted by Crippen LogP contribution is 2.51. The molecule has 1 aromatic rings. The first-order valence-corrected chi connectivity index (χ1v) is 7.59. The summed E-state index contributed by atoms with van der Waals surface area (Å²) in [6.07, 6.45) is 11.8. The summed E-state index contributed by atoms with van der Waals surface area (Å²) in [5.74, 6) is 0.725. The Kier molecular flexibility index (Phi) is 3.23. The predicted octanol–water partition coefficient (Wildman–Crippen LogP) is 3.74. The third kappa shape index (κ3) is 2.11. The molecule has 1 atom stereocenters. The van der Waals surface area contributed by atoms with Crippen molar-refractivity contribution in [2.45, 2.75) is 58.5 Å². The number of hydrogen-bond donors (Lipinski definition) is 1. The van der Waals surface area contributed by atoms with Crippen LogP contribution in [0, 0.1) is 11.3 Å². The van der Waals surface area contributed by atoms with E-state index in [0.717, 1.165) is 12.5 Å². The maximum atomic E-state index is 3.68. The molecule has 1 spiro atoms. The third-order valence-electron chi connectivity index (χ3n) is 4.80. The van der Waals surface area contributed by atoms with Gasteiger partial charge in [-0.15, -0.1) is 0 Å². The molecular weight excluding hydrogens is 220 g/mol. The van der Waals surface area contributed by atoms with Crippen molar-refractivity contribution in [2.75, 3.05) is 6.54 Å². The number of hydrogen-bond acceptors (Lipinski definition) is 1. The molecule has 1 aromatic heterocycles. The van der Waals surface area contributed by atoms with E-state index in [1.165, 1.54) is 44.2 Å². The quantitative estimate of drug-likeness (QED) is 0.859. The van der Waals surface area contributed by atoms with E-state index in [4.69, 9.17) is 0 Å². The maximum absolute atomic E-state index is 3.68. The van der Waals surface area contributed by atoms with Crippen LogP contribution in [0.25, 0.3) is 0 Å². The van der Waals surface area contributed by atoms with Gasteiger partial charge >= 0.3 is 0 Å². The second kappa shape index (κ2) is 4.73. The molecule has 3 rings (SSSR count). The second-order valence-electron chi connectivity index (χ2n) is 6.77. The van der Waals surface area contributed by atoms with E-state index in [-0.39, 0.29) is 0 Å². The van der Waals surface area contributed by atoms with E-state index in [9.17, 15) is 0 Å². The van der Waals surface area contributed by atoms with E-state index < -0.39 is 0 Å². The van der Waals surface area contributed by atoms with Crippen LogP contribution in [0.3, 0.4) is 0 Å². The Morgan fingerprint density at radius 3 is 2.72 bits per heavy atom. The molecule has 0 bridgehead atoms. The minimum Gasteiger partial charge on any atom is -0.354 e. The van der Waals surface area contributed by atoms with Gasteiger partial charge in [-0.25, -0.2) is 0 Å². The predicted molar refractivity (Wildman–Crippen MR) is 75.5 cm³/mol. The second-order valence-corrected chi connectivity index (χ2v) is 6.77. The van der Waals surface area contributed by atoms with Crippen molar-refractivity contribution in [3.63, 3.8) is 0 Å². The summed E-state index contributed by atoms with van der Waals surface area (Å²) < 4.78 is 2.36. The molecule has 0 amide bonds. The van der Waals surface area contributed by atoms with Gasteiger partial charge in [0.2, 0.25) is 0 Å². The summed E-state index contributed by atoms with van der Waals surface area (Å²) in [5.41, 5.74) is 2.12. The number of nitrogens with zero attached hydrogens (tertiary/aromatic N) is 1. The number of aromatic nitrogens is 1. The SMILES string of the molecule is CC(C)Cn1ccc(C2NCC23CCCCC3)c1. The molecule has 2 nitrogen and oxygen atoms in total. The van der Waals surface area contributed by atoms with E-state index in [1.807, 2.05) is 0 Å². The van der Waals surface area contributed by atoms with E-state index in [2.05, 4.69) is 42.2 Å². The molecule has 1 saturated heterocycles. The fourth-order valence-corrected chi connectivity index (χ4v) is 3.85. The van der Waals surface area contributed by atoms with Crippen LogP contribution in [0.2, 0.25) is 0 Å². The monoisotopic (exact) mass is 246 g/mol. The Labute approximate surface area is 111 Å². The highest BCUT2D eigenvalue weighted by Gasteiger charge is 2.47. The summed E-state index contributed by atoms with van der Waals surface area (Å²) >= 11 is 0. The molecule has 100 valence electrons. The Morgan fingerprint density at radius 2 is 2.11 bits per heavy atom. The Balaban J connectivity index is 1.72. The summed E-state index contributed by atoms with van der Waals surface area (Å²) in [6, 6.07) is 2.96. The lowest BCUT2D eigenvalue weighted by Crippen LogP contribution is -2.56. The average molecular weight is 246 g/mol. The van der Waals surface area contributed by atoms with Crippen molar-refractivity contribution in [1.82, 2.24) is 9.88 Å². The lowest BCUT2D eigenvalue weighted by Gasteiger charge is -2.53. The largest absolute Gasteiger partial charge is 0.354 e. The molecule has 2 heteroatoms. The van der Waals surface area contributed by atoms with Gasteiger partial charge in [0.1, 0.15) is 0 Å². The molecule has 1 saturated carbocycles. The first kappa shape index (κ1) is 12.3. The van der Waals surface area contributed by atoms with E-state index in [1.54, 1.807) is 0 Å². The molecule has 1 unspecified atom stereocenters. The van der Waals surface area contributed by atoms with Crippen molar-refractivity contribution >= 4 is 0 Å². The van der Waals surface area contributed by atoms with Crippen molar-refractivity contribution in [1.29, 1.82) is 0 Å². The van der Waals surface area contributed by atoms with Gasteiger partial charge < -0.3 is 9.88 Å². The minimum absolute atomic E-state index is 0.599. The summed E-state index contributed by atoms with van der Waals surface area (Å²) in [6.45, 7) is 6.94. The molecule has 1 aliphatic heterocycles. The average Bonchev–Trinajstić information content (AvgIpc) is 2.76. The van der Waals surface area contributed by atoms with E-state index >= 15 is 0 Å². The van der Waals surface area contributed by atoms with Gasteiger partial charge in [-0.1, -0.05) is 33.1 Å². The molecule has 0 radical (unpaired) electrons. The molecule has 1 aliphatic carbocycles. The summed E-state index contributed by atoms with van der Waals surface area (Å²) in [4.78, 5) is 0. The van der Waals surface area contributed by atoms with Crippen LogP contribution in [0.5, 0.6) is 0 Å². The van der Waals surface area contributed by atoms with Crippen LogP contribution in [-0.4, -0.2) is 11.1 Å². The molecule has 1 N–H and O–H groups in total. The first-order valence-electron chi connectivity index (χ1n) is 7.59. The lowest BCUT2D eigenvalue weighted by atomic mass is 9.63. The van der Waals surface area contributed by atoms with Gasteiger partial charge in [0.25, 0.3) is 0 Å². The molecular formula is C16H26N2. The van der Waals surface area contributed by atoms with Crippen LogP contribution >= 0.6 is 0 Å². The molecule has 2 fully saturated rings. The van der Waals surface area contributed by atoms with Crippen LogP contribution in [0.15, 0.2) is 18.5 Å². The topological polar surface area (TPSA) is 17.0 Å². The zero-order valence-corrected chi connectivity index (χ0v) is 11.8. The van der Waals surface area contributed by atoms with Gasteiger partial charge in [-0.3, -0.25) is 0 Å². The Morgan fingerprint density at radius 1 is 1.33 bits per heavy atom. The van der Waals surface area contributed by atoms with Crippen LogP contribution < -0.4 is 5.32 Å². The van der Waals surface area contributed by atoms with Gasteiger partial charge in [-0.05, 0) is 30.4 Å². The summed E-state index contributed by atoms with van der Waals surface area (Å²) in [7, 11) is 0. The normalized spacial score (nSPS) is 26.5. The fourth-order valence-electron chi connectivity index (χ4n) is 3.85. The molecule has 18 heavy (non-hydrogen) atoms. The zero-order valence-electron chi connectivity index (χ0n) is 11.8. The standard InChI is InChI=1S/C16H26N2/c1-13(2)10-18-9-6-14(11-18)15-16(12-17-15)7-4-3-5-8-16/h6,9,11,13,15,17H,3-5,7-8,10,12H2,1-2H3. The van der Waals surface area contributed by atoms with Crippen molar-refractivity contribution in [3.05, 3.63) is 24.0 Å². The molecule has 2 heterocycles.